The van der Waals surface area contributed by atoms with Crippen molar-refractivity contribution in [3.63, 3.8) is 0 Å². The summed E-state index contributed by atoms with van der Waals surface area (Å²) in [5.41, 5.74) is 2.21. The number of aromatic nitrogens is 1. The van der Waals surface area contributed by atoms with Crippen molar-refractivity contribution in [1.29, 1.82) is 0 Å². The Kier molecular flexibility index (Phi) is 2.66. The van der Waals surface area contributed by atoms with E-state index >= 15 is 0 Å². The number of hydrogen-bond acceptors (Lipinski definition) is 2. The largest absolute Gasteiger partial charge is 0.381 e. The van der Waals surface area contributed by atoms with Gasteiger partial charge in [0.1, 0.15) is 0 Å². The molecule has 1 N–H and O–H groups in total. The average molecular weight is 148 g/mol. The van der Waals surface area contributed by atoms with Crippen molar-refractivity contribution in [2.24, 2.45) is 0 Å². The number of hydrogen-bond donors (Lipinski definition) is 1. The summed E-state index contributed by atoms with van der Waals surface area (Å²) in [5, 5.41) is 3.20. The highest BCUT2D eigenvalue weighted by atomic mass is 14.9. The number of nitrogens with one attached hydrogen (secondary N) is 1. The number of pyridine rings is 1. The second kappa shape index (κ2) is 3.76. The van der Waals surface area contributed by atoms with Crippen LogP contribution in [0.5, 0.6) is 0 Å². The van der Waals surface area contributed by atoms with Gasteiger partial charge in [-0.3, -0.25) is 4.98 Å². The van der Waals surface area contributed by atoms with Gasteiger partial charge >= 0.3 is 0 Å². The van der Waals surface area contributed by atoms with E-state index in [2.05, 4.69) is 16.9 Å². The SMILES string of the molecule is C=C(C)CNc1ccncc1. The molecule has 1 aromatic heterocycles. The van der Waals surface area contributed by atoms with Crippen molar-refractivity contribution in [2.75, 3.05) is 11.9 Å². The van der Waals surface area contributed by atoms with Crippen molar-refractivity contribution in [3.05, 3.63) is 36.7 Å². The van der Waals surface area contributed by atoms with Crippen LogP contribution in [0.15, 0.2) is 36.7 Å². The van der Waals surface area contributed by atoms with Gasteiger partial charge in [0.25, 0.3) is 0 Å². The lowest BCUT2D eigenvalue weighted by Crippen LogP contribution is -2.01. The molecule has 0 bridgehead atoms. The van der Waals surface area contributed by atoms with Gasteiger partial charge in [0.2, 0.25) is 0 Å². The van der Waals surface area contributed by atoms with Crippen LogP contribution in [0, 0.1) is 0 Å². The van der Waals surface area contributed by atoms with E-state index in [0.717, 1.165) is 17.8 Å². The Hall–Kier alpha value is -1.31. The number of anilines is 1. The number of nitrogens with zero attached hydrogens (tertiary/aromatic N) is 1. The highest BCUT2D eigenvalue weighted by molar-refractivity contribution is 5.41. The van der Waals surface area contributed by atoms with Crippen LogP contribution in [0.1, 0.15) is 6.92 Å². The van der Waals surface area contributed by atoms with Gasteiger partial charge in [0, 0.05) is 24.6 Å². The average Bonchev–Trinajstić information content (AvgIpc) is 2.03. The molecule has 2 heteroatoms. The highest BCUT2D eigenvalue weighted by Gasteiger charge is 1.87. The fraction of sp³-hybridized carbons (Fsp3) is 0.222. The van der Waals surface area contributed by atoms with Crippen LogP contribution in [0.4, 0.5) is 5.69 Å². The zero-order chi connectivity index (χ0) is 8.10. The fourth-order valence-corrected chi connectivity index (χ4v) is 0.723. The van der Waals surface area contributed by atoms with E-state index in [-0.39, 0.29) is 0 Å². The van der Waals surface area contributed by atoms with E-state index < -0.39 is 0 Å². The molecule has 11 heavy (non-hydrogen) atoms. The molecule has 1 aromatic rings. The van der Waals surface area contributed by atoms with Crippen molar-refractivity contribution < 1.29 is 0 Å². The third-order valence-electron chi connectivity index (χ3n) is 1.27. The summed E-state index contributed by atoms with van der Waals surface area (Å²) in [4.78, 5) is 3.91. The predicted octanol–water partition coefficient (Wildman–Crippen LogP) is 2.07. The van der Waals surface area contributed by atoms with Crippen LogP contribution in [0.2, 0.25) is 0 Å². The summed E-state index contributed by atoms with van der Waals surface area (Å²) in [7, 11) is 0. The van der Waals surface area contributed by atoms with Crippen LogP contribution in [-0.4, -0.2) is 11.5 Å². The maximum atomic E-state index is 3.91. The van der Waals surface area contributed by atoms with Crippen molar-refractivity contribution >= 4 is 5.69 Å². The second-order valence-corrected chi connectivity index (χ2v) is 2.55. The molecule has 1 rings (SSSR count). The number of rotatable bonds is 3. The van der Waals surface area contributed by atoms with Gasteiger partial charge in [-0.2, -0.15) is 0 Å². The summed E-state index contributed by atoms with van der Waals surface area (Å²) in [6.45, 7) is 6.61. The molecule has 0 saturated heterocycles. The van der Waals surface area contributed by atoms with E-state index in [4.69, 9.17) is 0 Å². The molecule has 0 saturated carbocycles. The summed E-state index contributed by atoms with van der Waals surface area (Å²) >= 11 is 0. The van der Waals surface area contributed by atoms with Crippen molar-refractivity contribution in [3.8, 4) is 0 Å². The maximum Gasteiger partial charge on any atom is 0.0373 e. The van der Waals surface area contributed by atoms with Crippen LogP contribution >= 0.6 is 0 Å². The van der Waals surface area contributed by atoms with E-state index in [1.54, 1.807) is 12.4 Å². The summed E-state index contributed by atoms with van der Waals surface area (Å²) in [6.07, 6.45) is 3.53. The second-order valence-electron chi connectivity index (χ2n) is 2.55. The Morgan fingerprint density at radius 1 is 1.55 bits per heavy atom. The van der Waals surface area contributed by atoms with Crippen LogP contribution in [0.25, 0.3) is 0 Å². The molecule has 0 aliphatic rings. The fourth-order valence-electron chi connectivity index (χ4n) is 0.723. The van der Waals surface area contributed by atoms with Crippen LogP contribution in [0.3, 0.4) is 0 Å². The Balaban J connectivity index is 2.45. The smallest absolute Gasteiger partial charge is 0.0373 e. The molecule has 58 valence electrons. The van der Waals surface area contributed by atoms with Gasteiger partial charge in [-0.25, -0.2) is 0 Å². The molecule has 0 fully saturated rings. The topological polar surface area (TPSA) is 24.9 Å². The molecular weight excluding hydrogens is 136 g/mol. The lowest BCUT2D eigenvalue weighted by atomic mass is 10.3. The molecule has 0 unspecified atom stereocenters. The first-order valence-electron chi connectivity index (χ1n) is 3.57. The third-order valence-corrected chi connectivity index (χ3v) is 1.27. The highest BCUT2D eigenvalue weighted by Crippen LogP contribution is 2.03. The Bertz CT molecular complexity index is 229. The molecule has 0 aromatic carbocycles. The molecule has 0 atom stereocenters. The van der Waals surface area contributed by atoms with Gasteiger partial charge in [0.15, 0.2) is 0 Å². The van der Waals surface area contributed by atoms with Crippen molar-refractivity contribution in [1.82, 2.24) is 4.98 Å². The molecule has 1 heterocycles. The zero-order valence-corrected chi connectivity index (χ0v) is 6.67. The Morgan fingerprint density at radius 2 is 2.18 bits per heavy atom. The molecule has 0 radical (unpaired) electrons. The monoisotopic (exact) mass is 148 g/mol. The molecule has 0 aliphatic heterocycles. The molecular formula is C9H12N2. The Morgan fingerprint density at radius 3 is 2.73 bits per heavy atom. The molecule has 0 spiro atoms. The van der Waals surface area contributed by atoms with Crippen LogP contribution < -0.4 is 5.32 Å². The first kappa shape index (κ1) is 7.79. The Labute approximate surface area is 67.0 Å². The minimum Gasteiger partial charge on any atom is -0.381 e. The molecule has 0 aliphatic carbocycles. The van der Waals surface area contributed by atoms with Gasteiger partial charge in [0.05, 0.1) is 0 Å². The predicted molar refractivity (Wildman–Crippen MR) is 47.5 cm³/mol. The van der Waals surface area contributed by atoms with Gasteiger partial charge in [-0.15, -0.1) is 0 Å². The minimum atomic E-state index is 0.823. The van der Waals surface area contributed by atoms with Gasteiger partial charge < -0.3 is 5.32 Å². The zero-order valence-electron chi connectivity index (χ0n) is 6.67. The van der Waals surface area contributed by atoms with E-state index in [1.807, 2.05) is 19.1 Å². The summed E-state index contributed by atoms with van der Waals surface area (Å²) in [6, 6.07) is 3.87. The molecule has 2 nitrogen and oxygen atoms in total. The lowest BCUT2D eigenvalue weighted by molar-refractivity contribution is 1.20. The standard InChI is InChI=1S/C9H12N2/c1-8(2)7-11-9-3-5-10-6-4-9/h3-6H,1,7H2,2H3,(H,10,11). The van der Waals surface area contributed by atoms with Gasteiger partial charge in [-0.1, -0.05) is 12.2 Å². The summed E-state index contributed by atoms with van der Waals surface area (Å²) in [5.74, 6) is 0. The van der Waals surface area contributed by atoms with Crippen LogP contribution in [-0.2, 0) is 0 Å². The van der Waals surface area contributed by atoms with Crippen molar-refractivity contribution in [2.45, 2.75) is 6.92 Å². The minimum absolute atomic E-state index is 0.823. The quantitative estimate of drug-likeness (QED) is 0.664. The summed E-state index contributed by atoms with van der Waals surface area (Å²) < 4.78 is 0. The van der Waals surface area contributed by atoms with E-state index in [9.17, 15) is 0 Å². The first-order chi connectivity index (χ1) is 5.29. The lowest BCUT2D eigenvalue weighted by Gasteiger charge is -2.03. The van der Waals surface area contributed by atoms with E-state index in [1.165, 1.54) is 0 Å². The van der Waals surface area contributed by atoms with Gasteiger partial charge in [-0.05, 0) is 19.1 Å². The normalized spacial score (nSPS) is 9.18. The first-order valence-corrected chi connectivity index (χ1v) is 3.57. The van der Waals surface area contributed by atoms with E-state index in [0.29, 0.717) is 0 Å². The third kappa shape index (κ3) is 2.85. The maximum absolute atomic E-state index is 3.91. The molecule has 0 amide bonds.